The Bertz CT molecular complexity index is 220. The zero-order valence-electron chi connectivity index (χ0n) is 6.42. The van der Waals surface area contributed by atoms with E-state index in [1.165, 1.54) is 14.0 Å². The summed E-state index contributed by atoms with van der Waals surface area (Å²) in [5, 5.41) is 15.3. The monoisotopic (exact) mass is 152 g/mol. The van der Waals surface area contributed by atoms with Crippen molar-refractivity contribution >= 4 is 5.97 Å². The molecule has 0 saturated heterocycles. The van der Waals surface area contributed by atoms with E-state index in [1.807, 2.05) is 0 Å². The molecule has 0 N–H and O–H groups in total. The molecular formula is C7H8N2O2. The number of nitriles is 2. The van der Waals surface area contributed by atoms with Crippen molar-refractivity contribution in [3.63, 3.8) is 0 Å². The van der Waals surface area contributed by atoms with Crippen molar-refractivity contribution in [1.82, 2.24) is 0 Å². The zero-order chi connectivity index (χ0) is 9.28. The van der Waals surface area contributed by atoms with Crippen LogP contribution in [0.5, 0.6) is 0 Å². The van der Waals surface area contributed by atoms with E-state index >= 15 is 0 Å². The number of nitrogens with zero attached hydrogens (tertiary/aromatic N) is 2. The second kappa shape index (κ2) is 8.19. The fourth-order valence-corrected chi connectivity index (χ4v) is 0.169. The Morgan fingerprint density at radius 3 is 2.00 bits per heavy atom. The Hall–Kier alpha value is -1.81. The van der Waals surface area contributed by atoms with E-state index in [-0.39, 0.29) is 5.57 Å². The summed E-state index contributed by atoms with van der Waals surface area (Å²) in [6.45, 7) is 4.54. The van der Waals surface area contributed by atoms with E-state index in [9.17, 15) is 4.79 Å². The third-order valence-corrected chi connectivity index (χ3v) is 0.567. The minimum Gasteiger partial charge on any atom is -0.465 e. The first-order chi connectivity index (χ1) is 5.13. The molecule has 4 nitrogen and oxygen atoms in total. The maximum absolute atomic E-state index is 10.2. The zero-order valence-corrected chi connectivity index (χ0v) is 6.42. The molecule has 0 rings (SSSR count). The second-order valence-electron chi connectivity index (χ2n) is 1.31. The van der Waals surface area contributed by atoms with Gasteiger partial charge in [0.1, 0.15) is 11.6 Å². The van der Waals surface area contributed by atoms with Gasteiger partial charge in [-0.3, -0.25) is 0 Å². The molecule has 0 aromatic heterocycles. The average molecular weight is 152 g/mol. The molecule has 0 unspecified atom stereocenters. The summed E-state index contributed by atoms with van der Waals surface area (Å²) in [4.78, 5) is 10.2. The molecule has 0 fully saturated rings. The van der Waals surface area contributed by atoms with Gasteiger partial charge >= 0.3 is 5.97 Å². The van der Waals surface area contributed by atoms with Crippen molar-refractivity contribution in [1.29, 1.82) is 10.5 Å². The summed E-state index contributed by atoms with van der Waals surface area (Å²) in [6, 6.07) is 3.30. The Morgan fingerprint density at radius 1 is 1.55 bits per heavy atom. The summed E-state index contributed by atoms with van der Waals surface area (Å²) >= 11 is 0. The van der Waals surface area contributed by atoms with E-state index in [0.29, 0.717) is 0 Å². The maximum Gasteiger partial charge on any atom is 0.347 e. The summed E-state index contributed by atoms with van der Waals surface area (Å²) in [7, 11) is 1.20. The Kier molecular flexibility index (Phi) is 8.88. The average Bonchev–Trinajstić information content (AvgIpc) is 2.03. The Balaban J connectivity index is 0. The minimum absolute atomic E-state index is 0.174. The lowest BCUT2D eigenvalue weighted by atomic mass is 10.3. The molecule has 0 radical (unpaired) electrons. The number of carbonyl (C=O) groups is 1. The van der Waals surface area contributed by atoms with Crippen LogP contribution in [0, 0.1) is 22.7 Å². The summed E-state index contributed by atoms with van der Waals surface area (Å²) in [6.07, 6.45) is 0. The van der Waals surface area contributed by atoms with Crippen molar-refractivity contribution in [2.45, 2.75) is 6.92 Å². The highest BCUT2D eigenvalue weighted by Gasteiger charge is 2.01. The van der Waals surface area contributed by atoms with Crippen LogP contribution in [0.25, 0.3) is 0 Å². The van der Waals surface area contributed by atoms with Gasteiger partial charge in [0.25, 0.3) is 0 Å². The summed E-state index contributed by atoms with van der Waals surface area (Å²) in [5.41, 5.74) is -0.174. The lowest BCUT2D eigenvalue weighted by molar-refractivity contribution is -0.135. The van der Waals surface area contributed by atoms with Gasteiger partial charge in [-0.05, 0) is 0 Å². The molecule has 0 aromatic rings. The van der Waals surface area contributed by atoms with Gasteiger partial charge in [-0.1, -0.05) is 6.58 Å². The first-order valence-corrected chi connectivity index (χ1v) is 2.62. The van der Waals surface area contributed by atoms with Crippen LogP contribution in [0.2, 0.25) is 0 Å². The van der Waals surface area contributed by atoms with Crippen molar-refractivity contribution < 1.29 is 9.53 Å². The van der Waals surface area contributed by atoms with Crippen LogP contribution in [-0.4, -0.2) is 13.1 Å². The van der Waals surface area contributed by atoms with E-state index < -0.39 is 5.97 Å². The van der Waals surface area contributed by atoms with Crippen molar-refractivity contribution in [2.75, 3.05) is 7.11 Å². The first kappa shape index (κ1) is 11.9. The summed E-state index contributed by atoms with van der Waals surface area (Å²) < 4.78 is 4.14. The number of carbonyl (C=O) groups excluding carboxylic acids is 1. The van der Waals surface area contributed by atoms with E-state index in [2.05, 4.69) is 11.3 Å². The van der Waals surface area contributed by atoms with Crippen LogP contribution in [0.1, 0.15) is 6.92 Å². The van der Waals surface area contributed by atoms with Crippen LogP contribution < -0.4 is 0 Å². The number of hydrogen-bond donors (Lipinski definition) is 0. The minimum atomic E-state index is -0.674. The van der Waals surface area contributed by atoms with Crippen LogP contribution >= 0.6 is 0 Å². The molecule has 0 amide bonds. The third-order valence-electron chi connectivity index (χ3n) is 0.567. The molecule has 0 saturated carbocycles. The van der Waals surface area contributed by atoms with Crippen LogP contribution in [0.15, 0.2) is 12.2 Å². The fraction of sp³-hybridized carbons (Fsp3) is 0.286. The number of rotatable bonds is 1. The summed E-state index contributed by atoms with van der Waals surface area (Å²) in [5.74, 6) is -0.674. The molecular weight excluding hydrogens is 144 g/mol. The van der Waals surface area contributed by atoms with Crippen LogP contribution in [0.3, 0.4) is 0 Å². The Labute approximate surface area is 65.3 Å². The third kappa shape index (κ3) is 8.19. The fourth-order valence-electron chi connectivity index (χ4n) is 0.169. The number of methoxy groups -OCH3 is 1. The molecule has 58 valence electrons. The van der Waals surface area contributed by atoms with E-state index in [0.717, 1.165) is 0 Å². The normalized spacial score (nSPS) is 5.82. The van der Waals surface area contributed by atoms with Crippen LogP contribution in [-0.2, 0) is 9.53 Å². The van der Waals surface area contributed by atoms with Gasteiger partial charge in [0.15, 0.2) is 0 Å². The van der Waals surface area contributed by atoms with Gasteiger partial charge in [-0.15, -0.1) is 0 Å². The van der Waals surface area contributed by atoms with Gasteiger partial charge in [0.2, 0.25) is 0 Å². The molecule has 0 bridgehead atoms. The predicted molar refractivity (Wildman–Crippen MR) is 38.1 cm³/mol. The molecule has 4 heteroatoms. The second-order valence-corrected chi connectivity index (χ2v) is 1.31. The molecule has 0 aliphatic rings. The topological polar surface area (TPSA) is 73.9 Å². The van der Waals surface area contributed by atoms with Gasteiger partial charge in [0, 0.05) is 6.92 Å². The number of ether oxygens (including phenoxy) is 1. The molecule has 0 heterocycles. The Morgan fingerprint density at radius 2 is 1.91 bits per heavy atom. The predicted octanol–water partition coefficient (Wildman–Crippen LogP) is 0.769. The highest BCUT2D eigenvalue weighted by atomic mass is 16.5. The van der Waals surface area contributed by atoms with Crippen molar-refractivity contribution in [3.8, 4) is 12.1 Å². The standard InChI is InChI=1S/C5H5NO2.C2H3N/c1-4(3-6)5(7)8-2;1-2-3/h1H2,2H3;1H3. The van der Waals surface area contributed by atoms with Crippen LogP contribution in [0.4, 0.5) is 0 Å². The smallest absolute Gasteiger partial charge is 0.347 e. The van der Waals surface area contributed by atoms with Gasteiger partial charge in [0.05, 0.1) is 13.2 Å². The quantitative estimate of drug-likeness (QED) is 0.316. The van der Waals surface area contributed by atoms with Gasteiger partial charge in [-0.2, -0.15) is 10.5 Å². The van der Waals surface area contributed by atoms with E-state index in [1.54, 1.807) is 12.1 Å². The van der Waals surface area contributed by atoms with Crippen molar-refractivity contribution in [2.24, 2.45) is 0 Å². The SMILES string of the molecule is C=C(C#N)C(=O)OC.CC#N. The molecule has 0 aliphatic carbocycles. The lowest BCUT2D eigenvalue weighted by Crippen LogP contribution is -2.00. The van der Waals surface area contributed by atoms with E-state index in [4.69, 9.17) is 10.5 Å². The number of hydrogen-bond acceptors (Lipinski definition) is 4. The highest BCUT2D eigenvalue weighted by Crippen LogP contribution is 1.87. The van der Waals surface area contributed by atoms with Crippen molar-refractivity contribution in [3.05, 3.63) is 12.2 Å². The highest BCUT2D eigenvalue weighted by molar-refractivity contribution is 5.91. The molecule has 0 spiro atoms. The largest absolute Gasteiger partial charge is 0.465 e. The van der Waals surface area contributed by atoms with Gasteiger partial charge < -0.3 is 4.74 Å². The number of esters is 1. The maximum atomic E-state index is 10.2. The van der Waals surface area contributed by atoms with Gasteiger partial charge in [-0.25, -0.2) is 4.79 Å². The lowest BCUT2D eigenvalue weighted by Gasteiger charge is -1.89. The first-order valence-electron chi connectivity index (χ1n) is 2.62. The molecule has 0 atom stereocenters. The molecule has 0 aliphatic heterocycles. The molecule has 0 aromatic carbocycles. The molecule has 11 heavy (non-hydrogen) atoms.